The fourth-order valence-corrected chi connectivity index (χ4v) is 3.18. The Morgan fingerprint density at radius 3 is 3.10 bits per heavy atom. The Labute approximate surface area is 121 Å². The number of thiophene rings is 1. The van der Waals surface area contributed by atoms with Crippen LogP contribution in [0, 0.1) is 6.92 Å². The van der Waals surface area contributed by atoms with Crippen LogP contribution in [0.25, 0.3) is 10.8 Å². The van der Waals surface area contributed by atoms with E-state index in [-0.39, 0.29) is 6.10 Å². The summed E-state index contributed by atoms with van der Waals surface area (Å²) in [5.74, 6) is 1.14. The van der Waals surface area contributed by atoms with Crippen LogP contribution in [-0.2, 0) is 4.74 Å². The van der Waals surface area contributed by atoms with Gasteiger partial charge in [0.1, 0.15) is 6.10 Å². The van der Waals surface area contributed by atoms with Crippen molar-refractivity contribution < 1.29 is 9.26 Å². The number of nitrogen functional groups attached to an aromatic ring is 1. The van der Waals surface area contributed by atoms with Gasteiger partial charge in [-0.3, -0.25) is 4.90 Å². The summed E-state index contributed by atoms with van der Waals surface area (Å²) in [7, 11) is 0. The summed E-state index contributed by atoms with van der Waals surface area (Å²) in [4.78, 5) is 7.73. The predicted molar refractivity (Wildman–Crippen MR) is 77.6 cm³/mol. The second-order valence-electron chi connectivity index (χ2n) is 4.87. The van der Waals surface area contributed by atoms with Gasteiger partial charge in [-0.1, -0.05) is 12.1 Å². The minimum absolute atomic E-state index is 0.112. The number of aryl methyl sites for hydroxylation is 1. The molecule has 6 nitrogen and oxygen atoms in total. The Bertz CT molecular complexity index is 595. The average molecular weight is 294 g/mol. The predicted octanol–water partition coefficient (Wildman–Crippen LogP) is 2.08. The van der Waals surface area contributed by atoms with Gasteiger partial charge in [-0.2, -0.15) is 4.98 Å². The number of likely N-dealkylation sites (N-methyl/N-ethyl adjacent to an activating group) is 1. The van der Waals surface area contributed by atoms with Crippen LogP contribution in [0.4, 0.5) is 5.00 Å². The molecule has 1 atom stereocenters. The summed E-state index contributed by atoms with van der Waals surface area (Å²) in [6.45, 7) is 7.60. The molecule has 0 radical (unpaired) electrons. The van der Waals surface area contributed by atoms with Gasteiger partial charge in [-0.05, 0) is 25.1 Å². The fraction of sp³-hybridized carbons (Fsp3) is 0.538. The molecule has 0 aliphatic carbocycles. The normalized spacial score (nSPS) is 20.4. The van der Waals surface area contributed by atoms with E-state index in [1.165, 1.54) is 11.3 Å². The quantitative estimate of drug-likeness (QED) is 0.934. The number of anilines is 1. The Kier molecular flexibility index (Phi) is 3.73. The largest absolute Gasteiger partial charge is 0.391 e. The molecule has 0 saturated carbocycles. The second kappa shape index (κ2) is 5.51. The lowest BCUT2D eigenvalue weighted by Gasteiger charge is -2.30. The van der Waals surface area contributed by atoms with Crippen molar-refractivity contribution >= 4 is 16.3 Å². The number of aromatic nitrogens is 2. The van der Waals surface area contributed by atoms with Crippen molar-refractivity contribution in [3.8, 4) is 10.8 Å². The molecule has 1 saturated heterocycles. The van der Waals surface area contributed by atoms with Gasteiger partial charge in [-0.15, -0.1) is 11.3 Å². The van der Waals surface area contributed by atoms with E-state index in [0.29, 0.717) is 18.3 Å². The molecule has 2 N–H and O–H groups in total. The van der Waals surface area contributed by atoms with Crippen LogP contribution in [0.3, 0.4) is 0 Å². The molecule has 0 spiro atoms. The van der Waals surface area contributed by atoms with E-state index in [1.54, 1.807) is 0 Å². The number of morpholine rings is 1. The maximum absolute atomic E-state index is 5.80. The summed E-state index contributed by atoms with van der Waals surface area (Å²) in [5, 5.41) is 4.82. The lowest BCUT2D eigenvalue weighted by molar-refractivity contribution is -0.0334. The molecule has 0 aromatic carbocycles. The van der Waals surface area contributed by atoms with Crippen LogP contribution in [0.15, 0.2) is 10.6 Å². The molecule has 2 aromatic rings. The lowest BCUT2D eigenvalue weighted by atomic mass is 10.2. The third-order valence-electron chi connectivity index (χ3n) is 3.46. The van der Waals surface area contributed by atoms with Crippen molar-refractivity contribution in [3.05, 3.63) is 17.5 Å². The van der Waals surface area contributed by atoms with Gasteiger partial charge in [0, 0.05) is 13.1 Å². The molecule has 7 heteroatoms. The molecule has 0 amide bonds. The van der Waals surface area contributed by atoms with Gasteiger partial charge in [0.2, 0.25) is 5.82 Å². The highest BCUT2D eigenvalue weighted by Crippen LogP contribution is 2.33. The fourth-order valence-electron chi connectivity index (χ4n) is 2.32. The first kappa shape index (κ1) is 13.5. The highest BCUT2D eigenvalue weighted by Gasteiger charge is 2.26. The number of hydrogen-bond donors (Lipinski definition) is 1. The highest BCUT2D eigenvalue weighted by atomic mass is 32.1. The molecule has 108 valence electrons. The first-order valence-electron chi connectivity index (χ1n) is 6.71. The first-order valence-corrected chi connectivity index (χ1v) is 7.53. The summed E-state index contributed by atoms with van der Waals surface area (Å²) >= 11 is 1.46. The molecular formula is C13H18N4O2S. The van der Waals surface area contributed by atoms with Gasteiger partial charge in [0.05, 0.1) is 16.5 Å². The van der Waals surface area contributed by atoms with Crippen molar-refractivity contribution in [1.29, 1.82) is 0 Å². The summed E-state index contributed by atoms with van der Waals surface area (Å²) in [5.41, 5.74) is 6.86. The lowest BCUT2D eigenvalue weighted by Crippen LogP contribution is -2.38. The van der Waals surface area contributed by atoms with E-state index in [1.807, 2.05) is 13.0 Å². The third-order valence-corrected chi connectivity index (χ3v) is 4.51. The second-order valence-corrected chi connectivity index (χ2v) is 5.96. The molecule has 2 aromatic heterocycles. The summed E-state index contributed by atoms with van der Waals surface area (Å²) in [6.07, 6.45) is -0.112. The van der Waals surface area contributed by atoms with E-state index >= 15 is 0 Å². The number of nitrogens with two attached hydrogens (primary N) is 1. The maximum Gasteiger partial charge on any atom is 0.268 e. The topological polar surface area (TPSA) is 77.4 Å². The van der Waals surface area contributed by atoms with Crippen LogP contribution >= 0.6 is 11.3 Å². The van der Waals surface area contributed by atoms with E-state index in [4.69, 9.17) is 15.0 Å². The minimum Gasteiger partial charge on any atom is -0.391 e. The molecular weight excluding hydrogens is 276 g/mol. The zero-order chi connectivity index (χ0) is 14.1. The molecule has 20 heavy (non-hydrogen) atoms. The smallest absolute Gasteiger partial charge is 0.268 e. The SMILES string of the molecule is CCN1CCOC(c2noc(-c3sc(N)cc3C)n2)C1. The Morgan fingerprint density at radius 1 is 1.55 bits per heavy atom. The van der Waals surface area contributed by atoms with Crippen LogP contribution in [0.5, 0.6) is 0 Å². The first-order chi connectivity index (χ1) is 9.67. The third kappa shape index (κ3) is 2.56. The number of hydrogen-bond acceptors (Lipinski definition) is 7. The van der Waals surface area contributed by atoms with Gasteiger partial charge in [0.25, 0.3) is 5.89 Å². The van der Waals surface area contributed by atoms with Crippen molar-refractivity contribution in [2.24, 2.45) is 0 Å². The Balaban J connectivity index is 1.81. The molecule has 1 aliphatic rings. The van der Waals surface area contributed by atoms with Gasteiger partial charge in [-0.25, -0.2) is 0 Å². The molecule has 0 bridgehead atoms. The van der Waals surface area contributed by atoms with Gasteiger partial charge < -0.3 is 15.0 Å². The minimum atomic E-state index is -0.112. The molecule has 1 unspecified atom stereocenters. The monoisotopic (exact) mass is 294 g/mol. The molecule has 3 rings (SSSR count). The molecule has 3 heterocycles. The van der Waals surface area contributed by atoms with Crippen LogP contribution < -0.4 is 5.73 Å². The van der Waals surface area contributed by atoms with E-state index in [2.05, 4.69) is 22.0 Å². The van der Waals surface area contributed by atoms with Crippen molar-refractivity contribution in [2.75, 3.05) is 32.0 Å². The van der Waals surface area contributed by atoms with E-state index < -0.39 is 0 Å². The Hall–Kier alpha value is -1.44. The van der Waals surface area contributed by atoms with Gasteiger partial charge >= 0.3 is 0 Å². The average Bonchev–Trinajstić information content (AvgIpc) is 3.05. The highest BCUT2D eigenvalue weighted by molar-refractivity contribution is 7.19. The van der Waals surface area contributed by atoms with Crippen molar-refractivity contribution in [3.63, 3.8) is 0 Å². The Morgan fingerprint density at radius 2 is 2.40 bits per heavy atom. The summed E-state index contributed by atoms with van der Waals surface area (Å²) < 4.78 is 11.1. The molecule has 1 fully saturated rings. The zero-order valence-electron chi connectivity index (χ0n) is 11.6. The standard InChI is InChI=1S/C13H18N4O2S/c1-3-17-4-5-18-9(7-17)12-15-13(19-16-12)11-8(2)6-10(14)20-11/h6,9H,3-5,7,14H2,1-2H3. The number of rotatable bonds is 3. The summed E-state index contributed by atoms with van der Waals surface area (Å²) in [6, 6.07) is 1.92. The van der Waals surface area contributed by atoms with E-state index in [9.17, 15) is 0 Å². The molecule has 1 aliphatic heterocycles. The zero-order valence-corrected chi connectivity index (χ0v) is 12.4. The number of ether oxygens (including phenoxy) is 1. The van der Waals surface area contributed by atoms with Crippen LogP contribution in [-0.4, -0.2) is 41.3 Å². The van der Waals surface area contributed by atoms with Crippen molar-refractivity contribution in [2.45, 2.75) is 20.0 Å². The van der Waals surface area contributed by atoms with E-state index in [0.717, 1.165) is 35.1 Å². The van der Waals surface area contributed by atoms with Crippen molar-refractivity contribution in [1.82, 2.24) is 15.0 Å². The van der Waals surface area contributed by atoms with Crippen LogP contribution in [0.1, 0.15) is 24.4 Å². The number of nitrogens with zero attached hydrogens (tertiary/aromatic N) is 3. The maximum atomic E-state index is 5.80. The van der Waals surface area contributed by atoms with Gasteiger partial charge in [0.15, 0.2) is 0 Å². The van der Waals surface area contributed by atoms with Crippen LogP contribution in [0.2, 0.25) is 0 Å².